The van der Waals surface area contributed by atoms with Crippen LogP contribution in [0.5, 0.6) is 0 Å². The highest BCUT2D eigenvalue weighted by atomic mass is 127. The first-order valence-corrected chi connectivity index (χ1v) is 9.67. The van der Waals surface area contributed by atoms with E-state index in [9.17, 15) is 0 Å². The molecule has 9 heteroatoms. The summed E-state index contributed by atoms with van der Waals surface area (Å²) >= 11 is 0. The minimum Gasteiger partial charge on any atom is -0.357 e. The summed E-state index contributed by atoms with van der Waals surface area (Å²) in [5, 5.41) is 16.5. The molecule has 2 aromatic rings. The topological polar surface area (TPSA) is 76.2 Å². The van der Waals surface area contributed by atoms with Crippen LogP contribution in [0.3, 0.4) is 0 Å². The summed E-state index contributed by atoms with van der Waals surface area (Å²) in [4.78, 5) is 7.22. The predicted octanol–water partition coefficient (Wildman–Crippen LogP) is 1.92. The molecule has 1 fully saturated rings. The van der Waals surface area contributed by atoms with Gasteiger partial charge in [-0.2, -0.15) is 5.10 Å². The number of fused-ring (bicyclic) bond motifs is 1. The molecule has 148 valence electrons. The summed E-state index contributed by atoms with van der Waals surface area (Å²) in [6, 6.07) is 0. The Hall–Kier alpha value is -1.65. The zero-order valence-electron chi connectivity index (χ0n) is 16.1. The summed E-state index contributed by atoms with van der Waals surface area (Å²) < 4.78 is 4.13. The average molecular weight is 484 g/mol. The maximum absolute atomic E-state index is 4.87. The number of rotatable bonds is 4. The van der Waals surface area contributed by atoms with Crippen LogP contribution in [0.1, 0.15) is 49.3 Å². The molecule has 27 heavy (non-hydrogen) atoms. The van der Waals surface area contributed by atoms with Gasteiger partial charge in [0.1, 0.15) is 12.4 Å². The second kappa shape index (κ2) is 9.03. The average Bonchev–Trinajstić information content (AvgIpc) is 3.38. The van der Waals surface area contributed by atoms with Gasteiger partial charge in [-0.25, -0.2) is 4.99 Å². The molecule has 1 atom stereocenters. The van der Waals surface area contributed by atoms with Gasteiger partial charge in [0, 0.05) is 51.8 Å². The van der Waals surface area contributed by atoms with Crippen LogP contribution < -0.4 is 5.32 Å². The van der Waals surface area contributed by atoms with Gasteiger partial charge in [-0.3, -0.25) is 4.68 Å². The van der Waals surface area contributed by atoms with Gasteiger partial charge in [0.15, 0.2) is 11.8 Å². The quantitative estimate of drug-likeness (QED) is 0.408. The van der Waals surface area contributed by atoms with Crippen LogP contribution in [-0.2, 0) is 26.6 Å². The molecule has 0 bridgehead atoms. The minimum atomic E-state index is 0. The molecule has 0 radical (unpaired) electrons. The molecule has 0 spiro atoms. The molecule has 0 saturated carbocycles. The van der Waals surface area contributed by atoms with Gasteiger partial charge in [-0.15, -0.1) is 34.2 Å². The van der Waals surface area contributed by atoms with Crippen molar-refractivity contribution >= 4 is 29.9 Å². The molecule has 1 saturated heterocycles. The van der Waals surface area contributed by atoms with Crippen molar-refractivity contribution < 1.29 is 0 Å². The maximum Gasteiger partial charge on any atom is 0.194 e. The van der Waals surface area contributed by atoms with Crippen LogP contribution in [0.15, 0.2) is 17.4 Å². The fraction of sp³-hybridized carbons (Fsp3) is 0.667. The van der Waals surface area contributed by atoms with Crippen LogP contribution in [0.4, 0.5) is 0 Å². The van der Waals surface area contributed by atoms with Crippen molar-refractivity contribution in [2.24, 2.45) is 12.0 Å². The van der Waals surface area contributed by atoms with E-state index in [1.54, 1.807) is 0 Å². The Balaban J connectivity index is 0.00000210. The lowest BCUT2D eigenvalue weighted by Gasteiger charge is -2.21. The summed E-state index contributed by atoms with van der Waals surface area (Å²) in [6.07, 6.45) is 8.71. The number of likely N-dealkylation sites (tertiary alicyclic amines) is 1. The van der Waals surface area contributed by atoms with E-state index in [1.807, 2.05) is 17.9 Å². The molecule has 2 aliphatic rings. The lowest BCUT2D eigenvalue weighted by atomic mass is 10.0. The highest BCUT2D eigenvalue weighted by Gasteiger charge is 2.27. The Labute approximate surface area is 177 Å². The van der Waals surface area contributed by atoms with Crippen molar-refractivity contribution in [3.05, 3.63) is 29.6 Å². The minimum absolute atomic E-state index is 0. The number of aryl methyl sites for hydroxylation is 2. The second-order valence-electron chi connectivity index (χ2n) is 7.19. The summed E-state index contributed by atoms with van der Waals surface area (Å²) in [5.74, 6) is 3.60. The fourth-order valence-electron chi connectivity index (χ4n) is 3.93. The fourth-order valence-corrected chi connectivity index (χ4v) is 3.93. The Kier molecular flexibility index (Phi) is 6.72. The third kappa shape index (κ3) is 4.44. The lowest BCUT2D eigenvalue weighted by Crippen LogP contribution is -2.40. The lowest BCUT2D eigenvalue weighted by molar-refractivity contribution is 0.482. The predicted molar refractivity (Wildman–Crippen MR) is 115 cm³/mol. The number of guanidine groups is 1. The molecule has 4 heterocycles. The van der Waals surface area contributed by atoms with E-state index < -0.39 is 0 Å². The molecule has 0 aromatic carbocycles. The van der Waals surface area contributed by atoms with E-state index in [-0.39, 0.29) is 24.0 Å². The van der Waals surface area contributed by atoms with Crippen LogP contribution >= 0.6 is 24.0 Å². The van der Waals surface area contributed by atoms with Crippen LogP contribution in [0, 0.1) is 0 Å². The number of nitrogens with zero attached hydrogens (tertiary/aromatic N) is 7. The van der Waals surface area contributed by atoms with Gasteiger partial charge in [0.05, 0.1) is 6.20 Å². The van der Waals surface area contributed by atoms with Crippen LogP contribution in [-0.4, -0.2) is 55.0 Å². The Morgan fingerprint density at radius 2 is 2.19 bits per heavy atom. The molecule has 4 rings (SSSR count). The molecular weight excluding hydrogens is 455 g/mol. The molecule has 0 amide bonds. The first-order chi connectivity index (χ1) is 12.7. The van der Waals surface area contributed by atoms with Crippen LogP contribution in [0.2, 0.25) is 0 Å². The summed E-state index contributed by atoms with van der Waals surface area (Å²) in [6.45, 7) is 6.59. The maximum atomic E-state index is 4.87. The van der Waals surface area contributed by atoms with E-state index in [2.05, 4.69) is 43.2 Å². The van der Waals surface area contributed by atoms with Crippen molar-refractivity contribution in [1.29, 1.82) is 0 Å². The third-order valence-corrected chi connectivity index (χ3v) is 5.33. The number of hydrogen-bond donors (Lipinski definition) is 1. The Bertz CT molecular complexity index is 780. The van der Waals surface area contributed by atoms with E-state index in [0.717, 1.165) is 56.6 Å². The monoisotopic (exact) mass is 484 g/mol. The number of aliphatic imine (C=N–C) groups is 1. The standard InChI is InChI=1S/C18H28N8.HI/c1-3-19-18(20-11-17-23-22-16-6-4-5-8-26(16)17)25-9-7-14(13-25)15-10-21-24(2)12-15;/h10,12,14H,3-9,11,13H2,1-2H3,(H,19,20);1H. The number of aromatic nitrogens is 5. The van der Waals surface area contributed by atoms with Crippen molar-refractivity contribution in [1.82, 2.24) is 34.8 Å². The van der Waals surface area contributed by atoms with Gasteiger partial charge in [0.25, 0.3) is 0 Å². The van der Waals surface area contributed by atoms with Crippen molar-refractivity contribution in [2.45, 2.75) is 51.6 Å². The first kappa shape index (κ1) is 20.1. The molecule has 0 aliphatic carbocycles. The van der Waals surface area contributed by atoms with Crippen molar-refractivity contribution in [2.75, 3.05) is 19.6 Å². The summed E-state index contributed by atoms with van der Waals surface area (Å²) in [5.41, 5.74) is 1.32. The van der Waals surface area contributed by atoms with Gasteiger partial charge >= 0.3 is 0 Å². The van der Waals surface area contributed by atoms with Crippen molar-refractivity contribution in [3.8, 4) is 0 Å². The zero-order valence-corrected chi connectivity index (χ0v) is 18.5. The van der Waals surface area contributed by atoms with E-state index in [1.165, 1.54) is 18.4 Å². The highest BCUT2D eigenvalue weighted by molar-refractivity contribution is 14.0. The number of halogens is 1. The SMILES string of the molecule is CCNC(=NCc1nnc2n1CCCC2)N1CCC(c2cnn(C)c2)C1.I. The number of nitrogens with one attached hydrogen (secondary N) is 1. The van der Waals surface area contributed by atoms with Gasteiger partial charge in [-0.05, 0) is 31.7 Å². The molecule has 8 nitrogen and oxygen atoms in total. The molecule has 2 aromatic heterocycles. The smallest absolute Gasteiger partial charge is 0.194 e. The molecule has 2 aliphatic heterocycles. The second-order valence-corrected chi connectivity index (χ2v) is 7.19. The van der Waals surface area contributed by atoms with E-state index in [0.29, 0.717) is 12.5 Å². The first-order valence-electron chi connectivity index (χ1n) is 9.67. The van der Waals surface area contributed by atoms with Crippen molar-refractivity contribution in [3.63, 3.8) is 0 Å². The van der Waals surface area contributed by atoms with Crippen LogP contribution in [0.25, 0.3) is 0 Å². The Morgan fingerprint density at radius 3 is 2.96 bits per heavy atom. The normalized spacial score (nSPS) is 19.7. The molecule has 1 unspecified atom stereocenters. The van der Waals surface area contributed by atoms with Gasteiger partial charge in [0.2, 0.25) is 0 Å². The number of hydrogen-bond acceptors (Lipinski definition) is 4. The highest BCUT2D eigenvalue weighted by Crippen LogP contribution is 2.26. The third-order valence-electron chi connectivity index (χ3n) is 5.33. The van der Waals surface area contributed by atoms with Gasteiger partial charge < -0.3 is 14.8 Å². The Morgan fingerprint density at radius 1 is 1.30 bits per heavy atom. The summed E-state index contributed by atoms with van der Waals surface area (Å²) in [7, 11) is 1.97. The largest absolute Gasteiger partial charge is 0.357 e. The van der Waals surface area contributed by atoms with Gasteiger partial charge in [-0.1, -0.05) is 0 Å². The van der Waals surface area contributed by atoms with E-state index >= 15 is 0 Å². The zero-order chi connectivity index (χ0) is 17.9. The molecular formula is C18H29IN8. The molecule has 1 N–H and O–H groups in total. The van der Waals surface area contributed by atoms with E-state index in [4.69, 9.17) is 4.99 Å².